The number of amides is 1. The highest BCUT2D eigenvalue weighted by atomic mass is 16.5. The van der Waals surface area contributed by atoms with Crippen LogP contribution in [0.3, 0.4) is 0 Å². The van der Waals surface area contributed by atoms with E-state index in [1.807, 2.05) is 18.2 Å². The van der Waals surface area contributed by atoms with Gasteiger partial charge in [-0.2, -0.15) is 0 Å². The number of methoxy groups -OCH3 is 2. The highest BCUT2D eigenvalue weighted by molar-refractivity contribution is 5.94. The van der Waals surface area contributed by atoms with Crippen LogP contribution in [0.25, 0.3) is 6.08 Å². The standard InChI is InChI=1S/C23H29N3O3/c1-28-20-10-11-22(29-2)21(17-20)24-23(27)18-26-15-13-25(14-16-26)12-6-9-19-7-4-3-5-8-19/h3-11,17H,12-16,18H2,1-2H3,(H,24,27)/b9-6+. The van der Waals surface area contributed by atoms with Gasteiger partial charge in [0.25, 0.3) is 0 Å². The van der Waals surface area contributed by atoms with Crippen LogP contribution in [0, 0.1) is 0 Å². The summed E-state index contributed by atoms with van der Waals surface area (Å²) in [5.41, 5.74) is 1.84. The van der Waals surface area contributed by atoms with Gasteiger partial charge < -0.3 is 14.8 Å². The van der Waals surface area contributed by atoms with Crippen molar-refractivity contribution >= 4 is 17.7 Å². The van der Waals surface area contributed by atoms with Crippen molar-refractivity contribution in [1.82, 2.24) is 9.80 Å². The van der Waals surface area contributed by atoms with Gasteiger partial charge in [-0.25, -0.2) is 0 Å². The Bertz CT molecular complexity index is 815. The van der Waals surface area contributed by atoms with Crippen LogP contribution in [0.4, 0.5) is 5.69 Å². The zero-order valence-corrected chi connectivity index (χ0v) is 17.1. The van der Waals surface area contributed by atoms with Gasteiger partial charge in [0.1, 0.15) is 11.5 Å². The fourth-order valence-electron chi connectivity index (χ4n) is 3.34. The summed E-state index contributed by atoms with van der Waals surface area (Å²) >= 11 is 0. The van der Waals surface area contributed by atoms with E-state index in [-0.39, 0.29) is 5.91 Å². The SMILES string of the molecule is COc1ccc(OC)c(NC(=O)CN2CCN(C/C=C/c3ccccc3)CC2)c1. The monoisotopic (exact) mass is 395 g/mol. The Morgan fingerprint density at radius 3 is 2.41 bits per heavy atom. The van der Waals surface area contributed by atoms with Crippen molar-refractivity contribution in [3.8, 4) is 11.5 Å². The highest BCUT2D eigenvalue weighted by Crippen LogP contribution is 2.28. The summed E-state index contributed by atoms with van der Waals surface area (Å²) in [5, 5.41) is 2.94. The van der Waals surface area contributed by atoms with E-state index >= 15 is 0 Å². The molecule has 6 nitrogen and oxygen atoms in total. The molecule has 2 aromatic rings. The van der Waals surface area contributed by atoms with Crippen LogP contribution >= 0.6 is 0 Å². The van der Waals surface area contributed by atoms with Crippen molar-refractivity contribution in [2.45, 2.75) is 0 Å². The second-order valence-corrected chi connectivity index (χ2v) is 7.00. The van der Waals surface area contributed by atoms with E-state index in [4.69, 9.17) is 9.47 Å². The maximum absolute atomic E-state index is 12.5. The van der Waals surface area contributed by atoms with E-state index in [9.17, 15) is 4.79 Å². The first-order chi connectivity index (χ1) is 14.2. The molecule has 154 valence electrons. The van der Waals surface area contributed by atoms with Crippen molar-refractivity contribution < 1.29 is 14.3 Å². The minimum atomic E-state index is -0.0472. The lowest BCUT2D eigenvalue weighted by molar-refractivity contribution is -0.117. The molecule has 0 unspecified atom stereocenters. The molecule has 3 rings (SSSR count). The predicted molar refractivity (Wildman–Crippen MR) is 117 cm³/mol. The number of benzene rings is 2. The second kappa shape index (κ2) is 10.6. The number of carbonyl (C=O) groups excluding carboxylic acids is 1. The molecule has 29 heavy (non-hydrogen) atoms. The zero-order chi connectivity index (χ0) is 20.5. The number of nitrogens with one attached hydrogen (secondary N) is 1. The van der Waals surface area contributed by atoms with Crippen LogP contribution in [-0.2, 0) is 4.79 Å². The van der Waals surface area contributed by atoms with Gasteiger partial charge in [0.2, 0.25) is 5.91 Å². The Labute approximate surface area is 172 Å². The van der Waals surface area contributed by atoms with Crippen LogP contribution in [-0.4, -0.2) is 69.2 Å². The third-order valence-corrected chi connectivity index (χ3v) is 4.99. The first-order valence-corrected chi connectivity index (χ1v) is 9.86. The van der Waals surface area contributed by atoms with Crippen molar-refractivity contribution in [2.24, 2.45) is 0 Å². The molecule has 0 saturated carbocycles. The van der Waals surface area contributed by atoms with Gasteiger partial charge in [0, 0.05) is 38.8 Å². The highest BCUT2D eigenvalue weighted by Gasteiger charge is 2.19. The molecule has 1 heterocycles. The topological polar surface area (TPSA) is 54.0 Å². The Balaban J connectivity index is 1.43. The van der Waals surface area contributed by atoms with E-state index in [0.29, 0.717) is 23.7 Å². The first-order valence-electron chi connectivity index (χ1n) is 9.86. The first kappa shape index (κ1) is 20.9. The number of hydrogen-bond acceptors (Lipinski definition) is 5. The Hall–Kier alpha value is -2.83. The minimum absolute atomic E-state index is 0.0472. The number of carbonyl (C=O) groups is 1. The molecule has 0 bridgehead atoms. The van der Waals surface area contributed by atoms with Crippen LogP contribution < -0.4 is 14.8 Å². The quantitative estimate of drug-likeness (QED) is 0.745. The number of piperazine rings is 1. The minimum Gasteiger partial charge on any atom is -0.497 e. The van der Waals surface area contributed by atoms with Gasteiger partial charge in [-0.15, -0.1) is 0 Å². The molecular weight excluding hydrogens is 366 g/mol. The molecule has 1 amide bonds. The summed E-state index contributed by atoms with van der Waals surface area (Å²) in [4.78, 5) is 17.1. The van der Waals surface area contributed by atoms with Gasteiger partial charge in [-0.3, -0.25) is 14.6 Å². The predicted octanol–water partition coefficient (Wildman–Crippen LogP) is 2.97. The Kier molecular flexibility index (Phi) is 7.67. The summed E-state index contributed by atoms with van der Waals surface area (Å²) in [7, 11) is 3.19. The maximum atomic E-state index is 12.5. The van der Waals surface area contributed by atoms with Crippen LogP contribution in [0.15, 0.2) is 54.6 Å². The average molecular weight is 396 g/mol. The van der Waals surface area contributed by atoms with Crippen LogP contribution in [0.1, 0.15) is 5.56 Å². The van der Waals surface area contributed by atoms with Gasteiger partial charge in [0.05, 0.1) is 26.5 Å². The van der Waals surface area contributed by atoms with Gasteiger partial charge >= 0.3 is 0 Å². The molecule has 0 atom stereocenters. The van der Waals surface area contributed by atoms with Crippen molar-refractivity contribution in [1.29, 1.82) is 0 Å². The maximum Gasteiger partial charge on any atom is 0.238 e. The lowest BCUT2D eigenvalue weighted by Gasteiger charge is -2.33. The van der Waals surface area contributed by atoms with Gasteiger partial charge in [-0.05, 0) is 17.7 Å². The molecule has 1 N–H and O–H groups in total. The van der Waals surface area contributed by atoms with E-state index in [1.165, 1.54) is 5.56 Å². The fraction of sp³-hybridized carbons (Fsp3) is 0.348. The van der Waals surface area contributed by atoms with E-state index in [0.717, 1.165) is 32.7 Å². The Morgan fingerprint density at radius 2 is 1.72 bits per heavy atom. The van der Waals surface area contributed by atoms with Gasteiger partial charge in [0.15, 0.2) is 0 Å². The van der Waals surface area contributed by atoms with Crippen molar-refractivity contribution in [3.05, 3.63) is 60.2 Å². The third-order valence-electron chi connectivity index (χ3n) is 4.99. The Morgan fingerprint density at radius 1 is 1.00 bits per heavy atom. The molecule has 1 aliphatic heterocycles. The van der Waals surface area contributed by atoms with Crippen molar-refractivity contribution in [2.75, 3.05) is 58.8 Å². The fourth-order valence-corrected chi connectivity index (χ4v) is 3.34. The van der Waals surface area contributed by atoms with Gasteiger partial charge in [-0.1, -0.05) is 42.5 Å². The summed E-state index contributed by atoms with van der Waals surface area (Å²) in [6.07, 6.45) is 4.36. The summed E-state index contributed by atoms with van der Waals surface area (Å²) in [6, 6.07) is 15.7. The molecule has 1 aliphatic rings. The van der Waals surface area contributed by atoms with E-state index in [1.54, 1.807) is 32.4 Å². The third kappa shape index (κ3) is 6.34. The molecular formula is C23H29N3O3. The van der Waals surface area contributed by atoms with E-state index in [2.05, 4.69) is 39.4 Å². The number of anilines is 1. The molecule has 1 fully saturated rings. The lowest BCUT2D eigenvalue weighted by Crippen LogP contribution is -2.48. The summed E-state index contributed by atoms with van der Waals surface area (Å²) < 4.78 is 10.6. The van der Waals surface area contributed by atoms with E-state index < -0.39 is 0 Å². The molecule has 1 saturated heterocycles. The average Bonchev–Trinajstić information content (AvgIpc) is 2.75. The smallest absolute Gasteiger partial charge is 0.238 e. The molecule has 0 spiro atoms. The lowest BCUT2D eigenvalue weighted by atomic mass is 10.2. The molecule has 6 heteroatoms. The van der Waals surface area contributed by atoms with Crippen molar-refractivity contribution in [3.63, 3.8) is 0 Å². The number of rotatable bonds is 8. The zero-order valence-electron chi connectivity index (χ0n) is 17.1. The number of ether oxygens (including phenoxy) is 2. The summed E-state index contributed by atoms with van der Waals surface area (Å²) in [5.74, 6) is 1.25. The molecule has 0 radical (unpaired) electrons. The second-order valence-electron chi connectivity index (χ2n) is 7.00. The van der Waals surface area contributed by atoms with Crippen LogP contribution in [0.2, 0.25) is 0 Å². The molecule has 2 aromatic carbocycles. The largest absolute Gasteiger partial charge is 0.497 e. The molecule has 0 aromatic heterocycles. The van der Waals surface area contributed by atoms with Crippen LogP contribution in [0.5, 0.6) is 11.5 Å². The number of hydrogen-bond donors (Lipinski definition) is 1. The normalized spacial score (nSPS) is 15.4. The number of nitrogens with zero attached hydrogens (tertiary/aromatic N) is 2. The molecule has 0 aliphatic carbocycles. The summed E-state index contributed by atoms with van der Waals surface area (Å²) in [6.45, 7) is 4.96.